The van der Waals surface area contributed by atoms with Gasteiger partial charge < -0.3 is 13.9 Å². The Bertz CT molecular complexity index is 971. The summed E-state index contributed by atoms with van der Waals surface area (Å²) in [6, 6.07) is 10.9. The molecule has 0 bridgehead atoms. The standard InChI is InChI=1S/C20H20O5/c1-3-4-11-23-18(21)12-24-17-10-9-15-14-7-5-6-8-16(14)20(22)25-19(15)13(17)2/h5-10H,3-4,11-12H2,1-2H3. The number of esters is 1. The van der Waals surface area contributed by atoms with Crippen LogP contribution in [-0.2, 0) is 9.53 Å². The first-order chi connectivity index (χ1) is 12.1. The smallest absolute Gasteiger partial charge is 0.344 e. The molecule has 130 valence electrons. The van der Waals surface area contributed by atoms with Gasteiger partial charge in [-0.3, -0.25) is 0 Å². The highest BCUT2D eigenvalue weighted by Crippen LogP contribution is 2.30. The molecule has 3 rings (SSSR count). The van der Waals surface area contributed by atoms with Crippen LogP contribution >= 0.6 is 0 Å². The third kappa shape index (κ3) is 3.50. The minimum Gasteiger partial charge on any atom is -0.481 e. The highest BCUT2D eigenvalue weighted by Gasteiger charge is 2.13. The molecule has 0 atom stereocenters. The van der Waals surface area contributed by atoms with Gasteiger partial charge in [0, 0.05) is 10.9 Å². The summed E-state index contributed by atoms with van der Waals surface area (Å²) in [5.74, 6) is 0.0892. The Morgan fingerprint density at radius 1 is 1.08 bits per heavy atom. The zero-order chi connectivity index (χ0) is 17.8. The molecule has 0 aliphatic carbocycles. The second-order valence-corrected chi connectivity index (χ2v) is 5.86. The van der Waals surface area contributed by atoms with E-state index in [0.717, 1.165) is 23.6 Å². The highest BCUT2D eigenvalue weighted by atomic mass is 16.6. The third-order valence-corrected chi connectivity index (χ3v) is 4.09. The summed E-state index contributed by atoms with van der Waals surface area (Å²) in [5.41, 5.74) is 0.768. The number of rotatable bonds is 6. The van der Waals surface area contributed by atoms with Gasteiger partial charge in [0.25, 0.3) is 0 Å². The maximum absolute atomic E-state index is 12.2. The summed E-state index contributed by atoms with van der Waals surface area (Å²) in [7, 11) is 0. The zero-order valence-corrected chi connectivity index (χ0v) is 14.3. The summed E-state index contributed by atoms with van der Waals surface area (Å²) in [5, 5.41) is 2.22. The monoisotopic (exact) mass is 340 g/mol. The Morgan fingerprint density at radius 2 is 1.84 bits per heavy atom. The van der Waals surface area contributed by atoms with Gasteiger partial charge in [-0.2, -0.15) is 0 Å². The van der Waals surface area contributed by atoms with Crippen LogP contribution in [0.2, 0.25) is 0 Å². The predicted molar refractivity (Wildman–Crippen MR) is 96.1 cm³/mol. The van der Waals surface area contributed by atoms with Crippen molar-refractivity contribution in [2.75, 3.05) is 13.2 Å². The average Bonchev–Trinajstić information content (AvgIpc) is 2.62. The Kier molecular flexibility index (Phi) is 5.03. The van der Waals surface area contributed by atoms with Crippen LogP contribution in [0, 0.1) is 6.92 Å². The fraction of sp³-hybridized carbons (Fsp3) is 0.300. The van der Waals surface area contributed by atoms with E-state index in [9.17, 15) is 9.59 Å². The molecule has 0 N–H and O–H groups in total. The van der Waals surface area contributed by atoms with Crippen molar-refractivity contribution < 1.29 is 18.7 Å². The van der Waals surface area contributed by atoms with Gasteiger partial charge in [0.15, 0.2) is 6.61 Å². The lowest BCUT2D eigenvalue weighted by molar-refractivity contribution is -0.146. The van der Waals surface area contributed by atoms with Crippen molar-refractivity contribution in [3.05, 3.63) is 52.4 Å². The van der Waals surface area contributed by atoms with Crippen LogP contribution in [0.15, 0.2) is 45.6 Å². The van der Waals surface area contributed by atoms with Crippen LogP contribution in [0.5, 0.6) is 5.75 Å². The van der Waals surface area contributed by atoms with E-state index in [-0.39, 0.29) is 12.2 Å². The van der Waals surface area contributed by atoms with Crippen LogP contribution in [0.4, 0.5) is 0 Å². The van der Waals surface area contributed by atoms with E-state index in [1.54, 1.807) is 25.1 Å². The van der Waals surface area contributed by atoms with Crippen molar-refractivity contribution in [3.8, 4) is 5.75 Å². The molecular formula is C20H20O5. The molecule has 0 radical (unpaired) electrons. The van der Waals surface area contributed by atoms with Crippen molar-refractivity contribution in [2.24, 2.45) is 0 Å². The first-order valence-electron chi connectivity index (χ1n) is 8.35. The molecule has 5 nitrogen and oxygen atoms in total. The number of carbonyl (C=O) groups is 1. The zero-order valence-electron chi connectivity index (χ0n) is 14.3. The van der Waals surface area contributed by atoms with Crippen LogP contribution in [-0.4, -0.2) is 19.2 Å². The molecule has 0 saturated carbocycles. The first kappa shape index (κ1) is 17.0. The van der Waals surface area contributed by atoms with Crippen LogP contribution in [0.3, 0.4) is 0 Å². The van der Waals surface area contributed by atoms with E-state index in [4.69, 9.17) is 13.9 Å². The van der Waals surface area contributed by atoms with Gasteiger partial charge in [0.1, 0.15) is 11.3 Å². The average molecular weight is 340 g/mol. The lowest BCUT2D eigenvalue weighted by Gasteiger charge is -2.11. The summed E-state index contributed by atoms with van der Waals surface area (Å²) < 4.78 is 16.1. The Labute approximate surface area is 145 Å². The van der Waals surface area contributed by atoms with Gasteiger partial charge in [0.2, 0.25) is 0 Å². The second kappa shape index (κ2) is 7.38. The lowest BCUT2D eigenvalue weighted by Crippen LogP contribution is -2.16. The van der Waals surface area contributed by atoms with E-state index < -0.39 is 5.97 Å². The number of hydrogen-bond donors (Lipinski definition) is 0. The van der Waals surface area contributed by atoms with Crippen molar-refractivity contribution in [2.45, 2.75) is 26.7 Å². The molecule has 0 unspecified atom stereocenters. The molecule has 0 fully saturated rings. The fourth-order valence-corrected chi connectivity index (χ4v) is 2.73. The van der Waals surface area contributed by atoms with E-state index in [2.05, 4.69) is 0 Å². The number of fused-ring (bicyclic) bond motifs is 3. The van der Waals surface area contributed by atoms with Crippen molar-refractivity contribution in [1.82, 2.24) is 0 Å². The van der Waals surface area contributed by atoms with Gasteiger partial charge in [-0.1, -0.05) is 31.5 Å². The van der Waals surface area contributed by atoms with Gasteiger partial charge in [-0.15, -0.1) is 0 Å². The highest BCUT2D eigenvalue weighted by molar-refractivity contribution is 6.05. The SMILES string of the molecule is CCCCOC(=O)COc1ccc2c(oc(=O)c3ccccc32)c1C. The molecule has 0 aliphatic rings. The molecular weight excluding hydrogens is 320 g/mol. The van der Waals surface area contributed by atoms with Crippen molar-refractivity contribution >= 4 is 27.7 Å². The Hall–Kier alpha value is -2.82. The molecule has 0 spiro atoms. The van der Waals surface area contributed by atoms with E-state index in [1.165, 1.54) is 0 Å². The Morgan fingerprint density at radius 3 is 2.60 bits per heavy atom. The first-order valence-corrected chi connectivity index (χ1v) is 8.35. The summed E-state index contributed by atoms with van der Waals surface area (Å²) in [6.07, 6.45) is 1.80. The summed E-state index contributed by atoms with van der Waals surface area (Å²) in [6.45, 7) is 4.06. The minimum atomic E-state index is -0.409. The third-order valence-electron chi connectivity index (χ3n) is 4.09. The van der Waals surface area contributed by atoms with Crippen molar-refractivity contribution in [1.29, 1.82) is 0 Å². The number of carbonyl (C=O) groups excluding carboxylic acids is 1. The number of benzene rings is 2. The van der Waals surface area contributed by atoms with Gasteiger partial charge >= 0.3 is 11.6 Å². The number of aryl methyl sites for hydroxylation is 1. The van der Waals surface area contributed by atoms with Gasteiger partial charge in [-0.25, -0.2) is 9.59 Å². The molecule has 5 heteroatoms. The number of hydrogen-bond acceptors (Lipinski definition) is 5. The van der Waals surface area contributed by atoms with E-state index in [0.29, 0.717) is 28.9 Å². The van der Waals surface area contributed by atoms with Gasteiger partial charge in [0.05, 0.1) is 12.0 Å². The second-order valence-electron chi connectivity index (χ2n) is 5.86. The predicted octanol–water partition coefficient (Wildman–Crippen LogP) is 3.98. The molecule has 0 aliphatic heterocycles. The fourth-order valence-electron chi connectivity index (χ4n) is 2.73. The molecule has 1 aromatic heterocycles. The molecule has 2 aromatic carbocycles. The normalized spacial score (nSPS) is 11.0. The van der Waals surface area contributed by atoms with Crippen LogP contribution in [0.25, 0.3) is 21.7 Å². The largest absolute Gasteiger partial charge is 0.481 e. The Balaban J connectivity index is 1.89. The topological polar surface area (TPSA) is 65.7 Å². The molecule has 0 saturated heterocycles. The van der Waals surface area contributed by atoms with E-state index >= 15 is 0 Å². The van der Waals surface area contributed by atoms with Crippen LogP contribution in [0.1, 0.15) is 25.3 Å². The summed E-state index contributed by atoms with van der Waals surface area (Å²) in [4.78, 5) is 23.9. The maximum Gasteiger partial charge on any atom is 0.344 e. The molecule has 25 heavy (non-hydrogen) atoms. The van der Waals surface area contributed by atoms with Crippen molar-refractivity contribution in [3.63, 3.8) is 0 Å². The summed E-state index contributed by atoms with van der Waals surface area (Å²) >= 11 is 0. The number of ether oxygens (including phenoxy) is 2. The van der Waals surface area contributed by atoms with E-state index in [1.807, 2.05) is 25.1 Å². The van der Waals surface area contributed by atoms with Crippen LogP contribution < -0.4 is 10.4 Å². The number of unbranched alkanes of at least 4 members (excludes halogenated alkanes) is 1. The molecule has 1 heterocycles. The molecule has 3 aromatic rings. The maximum atomic E-state index is 12.2. The minimum absolute atomic E-state index is 0.173. The lowest BCUT2D eigenvalue weighted by atomic mass is 10.0. The van der Waals surface area contributed by atoms with Gasteiger partial charge in [-0.05, 0) is 36.9 Å². The molecule has 0 amide bonds. The quantitative estimate of drug-likeness (QED) is 0.294.